The molecule has 1 saturated heterocycles. The number of halogens is 3. The Kier molecular flexibility index (Phi) is 6.40. The van der Waals surface area contributed by atoms with Crippen LogP contribution < -0.4 is 10.1 Å². The zero-order valence-electron chi connectivity index (χ0n) is 15.4. The third-order valence-electron chi connectivity index (χ3n) is 4.50. The molecule has 10 heteroatoms. The van der Waals surface area contributed by atoms with Crippen molar-refractivity contribution in [1.82, 2.24) is 0 Å². The van der Waals surface area contributed by atoms with Gasteiger partial charge < -0.3 is 14.8 Å². The van der Waals surface area contributed by atoms with Gasteiger partial charge in [0.25, 0.3) is 5.91 Å². The van der Waals surface area contributed by atoms with E-state index in [0.717, 1.165) is 12.1 Å². The predicted molar refractivity (Wildman–Crippen MR) is 103 cm³/mol. The Morgan fingerprint density at radius 2 is 2.07 bits per heavy atom. The highest BCUT2D eigenvalue weighted by Gasteiger charge is 2.26. The van der Waals surface area contributed by atoms with Crippen LogP contribution in [0.2, 0.25) is 5.02 Å². The number of benzene rings is 2. The van der Waals surface area contributed by atoms with Crippen LogP contribution in [-0.2, 0) is 14.6 Å². The SMILES string of the molecule is COc1ccc(S(=O)(=O)C[C@H]2CCOC2)cc1C(=O)Nc1c(F)cc(F)cc1Cl. The maximum atomic E-state index is 14.0. The van der Waals surface area contributed by atoms with Crippen molar-refractivity contribution in [2.45, 2.75) is 11.3 Å². The average Bonchev–Trinajstić information content (AvgIpc) is 3.16. The normalized spacial score (nSPS) is 16.6. The summed E-state index contributed by atoms with van der Waals surface area (Å²) in [5.74, 6) is -2.95. The Morgan fingerprint density at radius 3 is 2.69 bits per heavy atom. The van der Waals surface area contributed by atoms with E-state index >= 15 is 0 Å². The minimum absolute atomic E-state index is 0.0685. The minimum atomic E-state index is -3.68. The molecule has 156 valence electrons. The Balaban J connectivity index is 1.92. The molecule has 2 aromatic carbocycles. The largest absolute Gasteiger partial charge is 0.496 e. The molecule has 0 saturated carbocycles. The first-order valence-electron chi connectivity index (χ1n) is 8.65. The predicted octanol–water partition coefficient (Wildman–Crippen LogP) is 3.69. The average molecular weight is 446 g/mol. The molecular formula is C19H18ClF2NO5S. The van der Waals surface area contributed by atoms with Crippen molar-refractivity contribution in [2.24, 2.45) is 5.92 Å². The number of sulfone groups is 1. The third kappa shape index (κ3) is 4.85. The first kappa shape index (κ1) is 21.5. The van der Waals surface area contributed by atoms with E-state index in [1.165, 1.54) is 19.2 Å². The van der Waals surface area contributed by atoms with Crippen molar-refractivity contribution < 1.29 is 31.5 Å². The Labute approximate surface area is 171 Å². The number of anilines is 1. The number of methoxy groups -OCH3 is 1. The highest BCUT2D eigenvalue weighted by molar-refractivity contribution is 7.91. The summed E-state index contributed by atoms with van der Waals surface area (Å²) >= 11 is 5.81. The highest BCUT2D eigenvalue weighted by atomic mass is 35.5. The van der Waals surface area contributed by atoms with Crippen LogP contribution in [0.5, 0.6) is 5.75 Å². The topological polar surface area (TPSA) is 81.7 Å². The summed E-state index contributed by atoms with van der Waals surface area (Å²) in [6.45, 7) is 0.880. The molecule has 2 aromatic rings. The second kappa shape index (κ2) is 8.64. The molecule has 0 unspecified atom stereocenters. The number of carbonyl (C=O) groups excluding carboxylic acids is 1. The molecule has 1 fully saturated rings. The van der Waals surface area contributed by atoms with Gasteiger partial charge in [-0.3, -0.25) is 4.79 Å². The van der Waals surface area contributed by atoms with Crippen LogP contribution in [0, 0.1) is 17.6 Å². The summed E-state index contributed by atoms with van der Waals surface area (Å²) in [6, 6.07) is 5.27. The Morgan fingerprint density at radius 1 is 1.31 bits per heavy atom. The molecule has 1 amide bonds. The Bertz CT molecular complexity index is 1020. The number of ether oxygens (including phenoxy) is 2. The van der Waals surface area contributed by atoms with Gasteiger partial charge in [-0.15, -0.1) is 0 Å². The van der Waals surface area contributed by atoms with Crippen LogP contribution in [0.3, 0.4) is 0 Å². The molecule has 0 aliphatic carbocycles. The monoisotopic (exact) mass is 445 g/mol. The molecule has 0 aromatic heterocycles. The number of hydrogen-bond donors (Lipinski definition) is 1. The summed E-state index contributed by atoms with van der Waals surface area (Å²) in [7, 11) is -2.38. The molecule has 1 aliphatic rings. The van der Waals surface area contributed by atoms with E-state index in [2.05, 4.69) is 5.32 Å². The van der Waals surface area contributed by atoms with E-state index < -0.39 is 33.1 Å². The molecule has 0 spiro atoms. The third-order valence-corrected chi connectivity index (χ3v) is 6.68. The second-order valence-electron chi connectivity index (χ2n) is 6.57. The van der Waals surface area contributed by atoms with Gasteiger partial charge in [-0.05, 0) is 36.6 Å². The second-order valence-corrected chi connectivity index (χ2v) is 9.01. The lowest BCUT2D eigenvalue weighted by atomic mass is 10.1. The van der Waals surface area contributed by atoms with Crippen molar-refractivity contribution in [3.8, 4) is 5.75 Å². The number of amides is 1. The van der Waals surface area contributed by atoms with Gasteiger partial charge in [0.1, 0.15) is 11.6 Å². The molecule has 1 atom stereocenters. The van der Waals surface area contributed by atoms with Gasteiger partial charge >= 0.3 is 0 Å². The minimum Gasteiger partial charge on any atom is -0.496 e. The van der Waals surface area contributed by atoms with Crippen LogP contribution in [-0.4, -0.2) is 40.4 Å². The first-order chi connectivity index (χ1) is 13.7. The van der Waals surface area contributed by atoms with Gasteiger partial charge in [0.15, 0.2) is 15.7 Å². The van der Waals surface area contributed by atoms with Crippen LogP contribution in [0.15, 0.2) is 35.2 Å². The molecule has 1 heterocycles. The van der Waals surface area contributed by atoms with Gasteiger partial charge in [-0.2, -0.15) is 0 Å². The van der Waals surface area contributed by atoms with Crippen LogP contribution in [0.25, 0.3) is 0 Å². The number of nitrogens with one attached hydrogen (secondary N) is 1. The van der Waals surface area contributed by atoms with Gasteiger partial charge in [-0.1, -0.05) is 11.6 Å². The van der Waals surface area contributed by atoms with Crippen LogP contribution in [0.1, 0.15) is 16.8 Å². The maximum absolute atomic E-state index is 14.0. The van der Waals surface area contributed by atoms with Crippen molar-refractivity contribution in [3.63, 3.8) is 0 Å². The van der Waals surface area contributed by atoms with E-state index in [1.807, 2.05) is 0 Å². The van der Waals surface area contributed by atoms with Crippen LogP contribution in [0.4, 0.5) is 14.5 Å². The highest BCUT2D eigenvalue weighted by Crippen LogP contribution is 2.30. The lowest BCUT2D eigenvalue weighted by Gasteiger charge is -2.14. The fourth-order valence-corrected chi connectivity index (χ4v) is 4.91. The zero-order valence-corrected chi connectivity index (χ0v) is 16.9. The van der Waals surface area contributed by atoms with Crippen molar-refractivity contribution in [1.29, 1.82) is 0 Å². The lowest BCUT2D eigenvalue weighted by Crippen LogP contribution is -2.19. The maximum Gasteiger partial charge on any atom is 0.259 e. The molecule has 29 heavy (non-hydrogen) atoms. The van der Waals surface area contributed by atoms with Crippen molar-refractivity contribution in [3.05, 3.63) is 52.6 Å². The smallest absolute Gasteiger partial charge is 0.259 e. The summed E-state index contributed by atoms with van der Waals surface area (Å²) < 4.78 is 63.0. The molecule has 6 nitrogen and oxygen atoms in total. The standard InChI is InChI=1S/C19H18ClF2NO5S/c1-27-17-3-2-13(29(25,26)10-11-4-5-28-9-11)8-14(17)19(24)23-18-15(20)6-12(21)7-16(18)22/h2-3,6-8,11H,4-5,9-10H2,1H3,(H,23,24)/t11-/m0/s1. The van der Waals surface area contributed by atoms with Crippen molar-refractivity contribution in [2.75, 3.05) is 31.4 Å². The number of rotatable bonds is 6. The molecular weight excluding hydrogens is 428 g/mol. The van der Waals surface area contributed by atoms with E-state index in [4.69, 9.17) is 21.1 Å². The molecule has 1 N–H and O–H groups in total. The zero-order chi connectivity index (χ0) is 21.2. The lowest BCUT2D eigenvalue weighted by molar-refractivity contribution is 0.102. The summed E-state index contributed by atoms with van der Waals surface area (Å²) in [5.41, 5.74) is -0.549. The molecule has 0 radical (unpaired) electrons. The fraction of sp³-hybridized carbons (Fsp3) is 0.316. The van der Waals surface area contributed by atoms with Gasteiger partial charge in [0.05, 0.1) is 40.6 Å². The quantitative estimate of drug-likeness (QED) is 0.733. The van der Waals surface area contributed by atoms with E-state index in [0.29, 0.717) is 25.7 Å². The van der Waals surface area contributed by atoms with E-state index in [1.54, 1.807) is 0 Å². The summed E-state index contributed by atoms with van der Waals surface area (Å²) in [6.07, 6.45) is 0.644. The van der Waals surface area contributed by atoms with Gasteiger partial charge in [0, 0.05) is 12.7 Å². The summed E-state index contributed by atoms with van der Waals surface area (Å²) in [4.78, 5) is 12.6. The summed E-state index contributed by atoms with van der Waals surface area (Å²) in [5, 5.41) is 1.91. The molecule has 1 aliphatic heterocycles. The van der Waals surface area contributed by atoms with Crippen LogP contribution >= 0.6 is 11.6 Å². The first-order valence-corrected chi connectivity index (χ1v) is 10.7. The molecule has 3 rings (SSSR count). The van der Waals surface area contributed by atoms with Crippen molar-refractivity contribution >= 4 is 33.0 Å². The molecule has 0 bridgehead atoms. The fourth-order valence-electron chi connectivity index (χ4n) is 3.02. The number of carbonyl (C=O) groups is 1. The van der Waals surface area contributed by atoms with Gasteiger partial charge in [-0.25, -0.2) is 17.2 Å². The Hall–Kier alpha value is -2.23. The van der Waals surface area contributed by atoms with Gasteiger partial charge in [0.2, 0.25) is 0 Å². The van der Waals surface area contributed by atoms with E-state index in [-0.39, 0.29) is 32.9 Å². The number of hydrogen-bond acceptors (Lipinski definition) is 5. The van der Waals surface area contributed by atoms with E-state index in [9.17, 15) is 22.0 Å².